The van der Waals surface area contributed by atoms with Crippen LogP contribution < -0.4 is 10.6 Å². The van der Waals surface area contributed by atoms with Crippen molar-refractivity contribution >= 4 is 17.5 Å². The monoisotopic (exact) mass is 294 g/mol. The van der Waals surface area contributed by atoms with Crippen LogP contribution in [0.1, 0.15) is 18.5 Å². The zero-order valence-corrected chi connectivity index (χ0v) is 11.0. The lowest BCUT2D eigenvalue weighted by Gasteiger charge is -2.15. The Morgan fingerprint density at radius 3 is 2.68 bits per heavy atom. The Morgan fingerprint density at radius 1 is 1.42 bits per heavy atom. The van der Waals surface area contributed by atoms with Crippen LogP contribution in [0.25, 0.3) is 0 Å². The summed E-state index contributed by atoms with van der Waals surface area (Å²) in [6, 6.07) is 6.84. The molecule has 1 aromatic carbocycles. The van der Waals surface area contributed by atoms with Crippen molar-refractivity contribution in [2.45, 2.75) is 19.1 Å². The van der Waals surface area contributed by atoms with E-state index >= 15 is 0 Å². The lowest BCUT2D eigenvalue weighted by molar-refractivity contribution is -0.137. The van der Waals surface area contributed by atoms with Crippen molar-refractivity contribution in [2.75, 3.05) is 13.1 Å². The van der Waals surface area contributed by atoms with Crippen LogP contribution >= 0.6 is 11.6 Å². The molecule has 0 bridgehead atoms. The van der Waals surface area contributed by atoms with Gasteiger partial charge < -0.3 is 10.6 Å². The van der Waals surface area contributed by atoms with E-state index in [9.17, 15) is 18.0 Å². The highest BCUT2D eigenvalue weighted by molar-refractivity contribution is 6.30. The predicted molar refractivity (Wildman–Crippen MR) is 66.9 cm³/mol. The van der Waals surface area contributed by atoms with Crippen molar-refractivity contribution in [3.05, 3.63) is 34.9 Å². The molecule has 0 aliphatic carbocycles. The Balaban J connectivity index is 2.38. The second kappa shape index (κ2) is 6.77. The first-order chi connectivity index (χ1) is 8.78. The highest BCUT2D eigenvalue weighted by Crippen LogP contribution is 2.17. The largest absolute Gasteiger partial charge is 0.405 e. The fraction of sp³-hybridized carbons (Fsp3) is 0.417. The summed E-state index contributed by atoms with van der Waals surface area (Å²) in [5, 5.41) is 5.18. The normalized spacial score (nSPS) is 13.1. The molecule has 0 spiro atoms. The summed E-state index contributed by atoms with van der Waals surface area (Å²) in [4.78, 5) is 11.2. The first-order valence-electron chi connectivity index (χ1n) is 5.60. The summed E-state index contributed by atoms with van der Waals surface area (Å²) in [6.45, 7) is 0.283. The number of rotatable bonds is 5. The molecular weight excluding hydrogens is 281 g/mol. The third-order valence-corrected chi connectivity index (χ3v) is 2.64. The van der Waals surface area contributed by atoms with Gasteiger partial charge in [0.15, 0.2) is 0 Å². The third kappa shape index (κ3) is 6.45. The van der Waals surface area contributed by atoms with E-state index in [0.717, 1.165) is 5.56 Å². The second-order valence-electron chi connectivity index (χ2n) is 4.05. The molecule has 0 aromatic heterocycles. The van der Waals surface area contributed by atoms with Crippen LogP contribution in [0.15, 0.2) is 24.3 Å². The minimum Gasteiger partial charge on any atom is -0.346 e. The van der Waals surface area contributed by atoms with Gasteiger partial charge in [-0.25, -0.2) is 0 Å². The number of halogens is 4. The average Bonchev–Trinajstić information content (AvgIpc) is 2.32. The summed E-state index contributed by atoms with van der Waals surface area (Å²) in [7, 11) is 0. The van der Waals surface area contributed by atoms with Crippen molar-refractivity contribution in [3.63, 3.8) is 0 Å². The highest BCUT2D eigenvalue weighted by atomic mass is 35.5. The van der Waals surface area contributed by atoms with Gasteiger partial charge in [-0.05, 0) is 24.6 Å². The molecule has 0 radical (unpaired) electrons. The van der Waals surface area contributed by atoms with E-state index in [1.165, 1.54) is 0 Å². The molecule has 1 atom stereocenters. The van der Waals surface area contributed by atoms with Gasteiger partial charge in [-0.3, -0.25) is 4.79 Å². The zero-order valence-electron chi connectivity index (χ0n) is 10.2. The van der Waals surface area contributed by atoms with Gasteiger partial charge in [0, 0.05) is 11.1 Å². The van der Waals surface area contributed by atoms with Crippen LogP contribution in [-0.4, -0.2) is 25.2 Å². The highest BCUT2D eigenvalue weighted by Gasteiger charge is 2.27. The van der Waals surface area contributed by atoms with E-state index < -0.39 is 18.6 Å². The van der Waals surface area contributed by atoms with Crippen LogP contribution in [0.4, 0.5) is 13.2 Å². The minimum atomic E-state index is -4.39. The number of carbonyl (C=O) groups is 1. The molecule has 0 aliphatic heterocycles. The number of alkyl halides is 3. The SMILES string of the molecule is C[C@H](NCC(=O)NCC(F)(F)F)c1cccc(Cl)c1. The van der Waals surface area contributed by atoms with E-state index in [2.05, 4.69) is 5.32 Å². The summed E-state index contributed by atoms with van der Waals surface area (Å²) < 4.78 is 35.6. The number of hydrogen-bond acceptors (Lipinski definition) is 2. The molecule has 3 nitrogen and oxygen atoms in total. The van der Waals surface area contributed by atoms with Crippen LogP contribution in [0.5, 0.6) is 0 Å². The number of nitrogens with one attached hydrogen (secondary N) is 2. The molecule has 0 fully saturated rings. The molecule has 1 aromatic rings. The van der Waals surface area contributed by atoms with Gasteiger partial charge in [0.1, 0.15) is 6.54 Å². The van der Waals surface area contributed by atoms with E-state index in [-0.39, 0.29) is 12.6 Å². The quantitative estimate of drug-likeness (QED) is 0.876. The Kier molecular flexibility index (Phi) is 5.62. The van der Waals surface area contributed by atoms with Crippen LogP contribution in [0.2, 0.25) is 5.02 Å². The summed E-state index contributed by atoms with van der Waals surface area (Å²) in [5.74, 6) is -0.703. The van der Waals surface area contributed by atoms with Crippen molar-refractivity contribution < 1.29 is 18.0 Å². The molecule has 0 heterocycles. The zero-order chi connectivity index (χ0) is 14.5. The lowest BCUT2D eigenvalue weighted by atomic mass is 10.1. The number of carbonyl (C=O) groups excluding carboxylic acids is 1. The van der Waals surface area contributed by atoms with Gasteiger partial charge in [0.05, 0.1) is 6.54 Å². The Morgan fingerprint density at radius 2 is 2.11 bits per heavy atom. The topological polar surface area (TPSA) is 41.1 Å². The minimum absolute atomic E-state index is 0.185. The van der Waals surface area contributed by atoms with Gasteiger partial charge in [-0.15, -0.1) is 0 Å². The molecule has 0 saturated carbocycles. The standard InChI is InChI=1S/C12H14ClF3N2O/c1-8(9-3-2-4-10(13)5-9)17-6-11(19)18-7-12(14,15)16/h2-5,8,17H,6-7H2,1H3,(H,18,19)/t8-/m0/s1. The molecule has 0 unspecified atom stereocenters. The van der Waals surface area contributed by atoms with Gasteiger partial charge >= 0.3 is 6.18 Å². The molecular formula is C12H14ClF3N2O. The van der Waals surface area contributed by atoms with Crippen molar-refractivity contribution in [1.82, 2.24) is 10.6 Å². The number of benzene rings is 1. The second-order valence-corrected chi connectivity index (χ2v) is 4.49. The van der Waals surface area contributed by atoms with Gasteiger partial charge in [0.2, 0.25) is 5.91 Å². The van der Waals surface area contributed by atoms with Gasteiger partial charge in [-0.2, -0.15) is 13.2 Å². The Bertz CT molecular complexity index is 437. The van der Waals surface area contributed by atoms with Gasteiger partial charge in [-0.1, -0.05) is 23.7 Å². The number of hydrogen-bond donors (Lipinski definition) is 2. The molecule has 2 N–H and O–H groups in total. The van der Waals surface area contributed by atoms with Crippen molar-refractivity contribution in [3.8, 4) is 0 Å². The molecule has 0 saturated heterocycles. The maximum Gasteiger partial charge on any atom is 0.405 e. The van der Waals surface area contributed by atoms with E-state index in [1.54, 1.807) is 30.4 Å². The maximum absolute atomic E-state index is 11.9. The fourth-order valence-electron chi connectivity index (χ4n) is 1.40. The first-order valence-corrected chi connectivity index (χ1v) is 5.98. The summed E-state index contributed by atoms with van der Waals surface area (Å²) in [6.07, 6.45) is -4.39. The fourth-order valence-corrected chi connectivity index (χ4v) is 1.60. The smallest absolute Gasteiger partial charge is 0.346 e. The van der Waals surface area contributed by atoms with Crippen LogP contribution in [0, 0.1) is 0 Å². The molecule has 7 heteroatoms. The Hall–Kier alpha value is -1.27. The van der Waals surface area contributed by atoms with E-state index in [1.807, 2.05) is 6.07 Å². The molecule has 19 heavy (non-hydrogen) atoms. The van der Waals surface area contributed by atoms with Gasteiger partial charge in [0.25, 0.3) is 0 Å². The average molecular weight is 295 g/mol. The Labute approximate surface area is 114 Å². The van der Waals surface area contributed by atoms with E-state index in [4.69, 9.17) is 11.6 Å². The molecule has 106 valence electrons. The maximum atomic E-state index is 11.9. The van der Waals surface area contributed by atoms with Crippen molar-refractivity contribution in [1.29, 1.82) is 0 Å². The van der Waals surface area contributed by atoms with Crippen LogP contribution in [-0.2, 0) is 4.79 Å². The predicted octanol–water partition coefficient (Wildman–Crippen LogP) is 2.67. The number of amides is 1. The third-order valence-electron chi connectivity index (χ3n) is 2.40. The molecule has 0 aliphatic rings. The van der Waals surface area contributed by atoms with Crippen LogP contribution in [0.3, 0.4) is 0 Å². The first kappa shape index (κ1) is 15.8. The van der Waals surface area contributed by atoms with E-state index in [0.29, 0.717) is 5.02 Å². The lowest BCUT2D eigenvalue weighted by Crippen LogP contribution is -2.39. The molecule has 1 rings (SSSR count). The van der Waals surface area contributed by atoms with Crippen molar-refractivity contribution in [2.24, 2.45) is 0 Å². The summed E-state index contributed by atoms with van der Waals surface area (Å²) >= 11 is 5.82. The summed E-state index contributed by atoms with van der Waals surface area (Å²) in [5.41, 5.74) is 0.858. The molecule has 1 amide bonds.